The van der Waals surface area contributed by atoms with Crippen LogP contribution in [0.1, 0.15) is 2.85 Å². The van der Waals surface area contributed by atoms with E-state index < -0.39 is 5.30 Å². The second-order valence-corrected chi connectivity index (χ2v) is 0.665. The van der Waals surface area contributed by atoms with Gasteiger partial charge in [0.2, 0.25) is 0 Å². The van der Waals surface area contributed by atoms with Crippen molar-refractivity contribution in [2.75, 3.05) is 0 Å². The molecule has 0 saturated carbocycles. The van der Waals surface area contributed by atoms with Crippen LogP contribution in [-0.2, 0) is 0 Å². The van der Waals surface area contributed by atoms with Gasteiger partial charge in [-0.25, -0.2) is 4.79 Å². The molecule has 2 nitrogen and oxygen atoms in total. The molecule has 0 aliphatic heterocycles. The molecule has 0 saturated heterocycles. The largest absolute Gasteiger partial charge is 2.00 e. The summed E-state index contributed by atoms with van der Waals surface area (Å²) in [5.74, 6) is 0. The van der Waals surface area contributed by atoms with Crippen LogP contribution in [-0.4, -0.2) is 48.1 Å². The molecule has 0 rings (SSSR count). The zero-order chi connectivity index (χ0) is 3.58. The van der Waals surface area contributed by atoms with Crippen LogP contribution in [0, 0.1) is 0 Å². The minimum Gasteiger partial charge on any atom is -1.00 e. The van der Waals surface area contributed by atoms with Crippen molar-refractivity contribution in [1.82, 2.24) is 0 Å². The van der Waals surface area contributed by atoms with Gasteiger partial charge in [0.25, 0.3) is 0 Å². The molecule has 4 heteroatoms. The number of hydrogen-bond donors (Lipinski definition) is 2. The van der Waals surface area contributed by atoms with E-state index in [1.54, 1.807) is 0 Å². The van der Waals surface area contributed by atoms with Gasteiger partial charge in [0.15, 0.2) is 0 Å². The van der Waals surface area contributed by atoms with Crippen LogP contribution < -0.4 is 0 Å². The van der Waals surface area contributed by atoms with Crippen molar-refractivity contribution in [1.29, 1.82) is 0 Å². The van der Waals surface area contributed by atoms with E-state index in [1.807, 2.05) is 0 Å². The second kappa shape index (κ2) is 5.08. The SMILES string of the molecule is O=C(O)S.[Ca+2].[H-].[H-]. The number of carbonyl (C=O) groups is 1. The molecule has 0 aromatic heterocycles. The third kappa shape index (κ3) is 41.3. The monoisotopic (exact) mass is 120 g/mol. The smallest absolute Gasteiger partial charge is 1.00 e. The van der Waals surface area contributed by atoms with Crippen molar-refractivity contribution >= 4 is 55.7 Å². The van der Waals surface area contributed by atoms with E-state index >= 15 is 0 Å². The van der Waals surface area contributed by atoms with Gasteiger partial charge in [-0.15, -0.1) is 0 Å². The Kier molecular flexibility index (Phi) is 9.58. The van der Waals surface area contributed by atoms with Gasteiger partial charge in [0, 0.05) is 0 Å². The molecule has 28 valence electrons. The standard InChI is InChI=1S/CH2O2S.Ca.2H/c2-1(3)4;;;/h4H,(H,2,3);;;/q;+2;2*-1. The van der Waals surface area contributed by atoms with Gasteiger partial charge in [-0.2, -0.15) is 0 Å². The zero-order valence-corrected chi connectivity index (χ0v) is 5.61. The van der Waals surface area contributed by atoms with Crippen molar-refractivity contribution in [3.8, 4) is 0 Å². The average Bonchev–Trinajstić information content (AvgIpc) is 0.811. The van der Waals surface area contributed by atoms with Crippen LogP contribution in [0.4, 0.5) is 4.79 Å². The van der Waals surface area contributed by atoms with Gasteiger partial charge >= 0.3 is 43.0 Å². The minimum absolute atomic E-state index is 0. The Hall–Kier alpha value is 1.08. The summed E-state index contributed by atoms with van der Waals surface area (Å²) in [6.07, 6.45) is 0. The molecule has 0 spiro atoms. The maximum atomic E-state index is 8.86. The molecule has 0 bridgehead atoms. The number of thiol groups is 1. The van der Waals surface area contributed by atoms with E-state index in [4.69, 9.17) is 9.90 Å². The van der Waals surface area contributed by atoms with E-state index in [9.17, 15) is 0 Å². The summed E-state index contributed by atoms with van der Waals surface area (Å²) in [6.45, 7) is 0. The Balaban J connectivity index is -0.0000000150. The molecular weight excluding hydrogens is 116 g/mol. The molecule has 0 amide bonds. The van der Waals surface area contributed by atoms with Crippen molar-refractivity contribution in [2.24, 2.45) is 0 Å². The summed E-state index contributed by atoms with van der Waals surface area (Å²) in [5.41, 5.74) is 0. The van der Waals surface area contributed by atoms with Gasteiger partial charge in [0.05, 0.1) is 0 Å². The fourth-order valence-corrected chi connectivity index (χ4v) is 0. The molecule has 0 heterocycles. The number of rotatable bonds is 0. The topological polar surface area (TPSA) is 37.3 Å². The summed E-state index contributed by atoms with van der Waals surface area (Å²) in [6, 6.07) is 0. The van der Waals surface area contributed by atoms with Gasteiger partial charge < -0.3 is 7.96 Å². The van der Waals surface area contributed by atoms with Crippen LogP contribution in [0.5, 0.6) is 0 Å². The van der Waals surface area contributed by atoms with E-state index in [0.29, 0.717) is 0 Å². The first-order valence-corrected chi connectivity index (χ1v) is 1.10. The fraction of sp³-hybridized carbons (Fsp3) is 0. The average molecular weight is 120 g/mol. The van der Waals surface area contributed by atoms with Gasteiger partial charge in [0.1, 0.15) is 0 Å². The maximum absolute atomic E-state index is 8.86. The molecule has 0 radical (unpaired) electrons. The molecular formula is CH4CaO2S. The Labute approximate surface area is 67.9 Å². The van der Waals surface area contributed by atoms with Gasteiger partial charge in [-0.3, -0.25) is 0 Å². The molecule has 0 aromatic carbocycles. The quantitative estimate of drug-likeness (QED) is 0.359. The normalized spacial score (nSPS) is 5.00. The summed E-state index contributed by atoms with van der Waals surface area (Å²) in [4.78, 5) is 8.86. The van der Waals surface area contributed by atoms with E-state index in [-0.39, 0.29) is 40.6 Å². The molecule has 0 unspecified atom stereocenters. The Bertz CT molecular complexity index is 38.7. The predicted molar refractivity (Wildman–Crippen MR) is 25.0 cm³/mol. The van der Waals surface area contributed by atoms with Gasteiger partial charge in [-0.05, 0) is 0 Å². The van der Waals surface area contributed by atoms with Crippen LogP contribution in [0.3, 0.4) is 0 Å². The Morgan fingerprint density at radius 1 is 2.00 bits per heavy atom. The van der Waals surface area contributed by atoms with Crippen LogP contribution in [0.15, 0.2) is 0 Å². The molecule has 5 heavy (non-hydrogen) atoms. The van der Waals surface area contributed by atoms with Crippen molar-refractivity contribution < 1.29 is 12.8 Å². The molecule has 0 aliphatic carbocycles. The molecule has 0 atom stereocenters. The van der Waals surface area contributed by atoms with Crippen molar-refractivity contribution in [3.05, 3.63) is 0 Å². The second-order valence-electron chi connectivity index (χ2n) is 0.283. The summed E-state index contributed by atoms with van der Waals surface area (Å²) in [5, 5.41) is 6.14. The summed E-state index contributed by atoms with van der Waals surface area (Å²) < 4.78 is 0. The first-order valence-electron chi connectivity index (χ1n) is 0.651. The number of hydrogen-bond acceptors (Lipinski definition) is 1. The van der Waals surface area contributed by atoms with E-state index in [0.717, 1.165) is 0 Å². The minimum atomic E-state index is -1.14. The molecule has 0 aliphatic rings. The predicted octanol–water partition coefficient (Wildman–Crippen LogP) is 0.438. The number of carboxylic acid groups (broad SMARTS) is 1. The van der Waals surface area contributed by atoms with Crippen LogP contribution in [0.2, 0.25) is 0 Å². The fourth-order valence-electron chi connectivity index (χ4n) is 0. The van der Waals surface area contributed by atoms with E-state index in [1.165, 1.54) is 0 Å². The van der Waals surface area contributed by atoms with E-state index in [2.05, 4.69) is 12.6 Å². The molecule has 0 aromatic rings. The molecule has 0 fully saturated rings. The maximum Gasteiger partial charge on any atom is 2.00 e. The Morgan fingerprint density at radius 2 is 2.00 bits per heavy atom. The first kappa shape index (κ1) is 9.43. The third-order valence-electron chi connectivity index (χ3n) is 0. The van der Waals surface area contributed by atoms with Crippen LogP contribution in [0.25, 0.3) is 0 Å². The Morgan fingerprint density at radius 3 is 2.00 bits per heavy atom. The van der Waals surface area contributed by atoms with Gasteiger partial charge in [-0.1, -0.05) is 12.6 Å². The zero-order valence-electron chi connectivity index (χ0n) is 4.51. The molecule has 1 N–H and O–H groups in total. The third-order valence-corrected chi connectivity index (χ3v) is 0. The van der Waals surface area contributed by atoms with Crippen LogP contribution >= 0.6 is 12.6 Å². The summed E-state index contributed by atoms with van der Waals surface area (Å²) >= 11 is 2.88. The first-order chi connectivity index (χ1) is 1.73. The van der Waals surface area contributed by atoms with Crippen molar-refractivity contribution in [3.63, 3.8) is 0 Å². The van der Waals surface area contributed by atoms with Crippen molar-refractivity contribution in [2.45, 2.75) is 0 Å². The summed E-state index contributed by atoms with van der Waals surface area (Å²) in [7, 11) is 0.